The predicted octanol–water partition coefficient (Wildman–Crippen LogP) is 0.134. The fourth-order valence-corrected chi connectivity index (χ4v) is 4.54. The monoisotopic (exact) mass is 366 g/mol. The Balaban J connectivity index is 1.35. The zero-order chi connectivity index (χ0) is 18.5. The minimum Gasteiger partial charge on any atom is -0.364 e. The summed E-state index contributed by atoms with van der Waals surface area (Å²) in [5, 5.41) is 20.0. The van der Waals surface area contributed by atoms with Crippen LogP contribution in [0.2, 0.25) is 0 Å². The summed E-state index contributed by atoms with van der Waals surface area (Å²) in [5.74, 6) is 1.14. The summed E-state index contributed by atoms with van der Waals surface area (Å²) in [6.45, 7) is 5.15. The summed E-state index contributed by atoms with van der Waals surface area (Å²) in [5.41, 5.74) is 2.32. The molecule has 2 unspecified atom stereocenters. The average Bonchev–Trinajstić information content (AvgIpc) is 3.08. The predicted molar refractivity (Wildman–Crippen MR) is 98.2 cm³/mol. The molecule has 1 amide bonds. The van der Waals surface area contributed by atoms with Gasteiger partial charge in [0.25, 0.3) is 5.91 Å². The summed E-state index contributed by atoms with van der Waals surface area (Å²) in [4.78, 5) is 14.9. The Kier molecular flexibility index (Phi) is 3.81. The van der Waals surface area contributed by atoms with Gasteiger partial charge in [0, 0.05) is 25.7 Å². The number of morpholine rings is 1. The quantitative estimate of drug-likeness (QED) is 0.802. The van der Waals surface area contributed by atoms with Gasteiger partial charge < -0.3 is 20.3 Å². The maximum atomic E-state index is 12.8. The van der Waals surface area contributed by atoms with E-state index in [0.717, 1.165) is 24.3 Å². The number of carbonyl (C=O) groups excluding carboxylic acids is 1. The highest BCUT2D eigenvalue weighted by molar-refractivity contribution is 5.83. The number of nitrogens with one attached hydrogen (secondary N) is 2. The number of rotatable bonds is 3. The molecule has 0 aromatic carbocycles. The van der Waals surface area contributed by atoms with Crippen molar-refractivity contribution in [2.24, 2.45) is 11.8 Å². The molecule has 2 aromatic rings. The Morgan fingerprint density at radius 3 is 2.93 bits per heavy atom. The minimum atomic E-state index is -0.498. The van der Waals surface area contributed by atoms with E-state index in [1.807, 2.05) is 19.1 Å². The van der Waals surface area contributed by atoms with Crippen LogP contribution in [-0.2, 0) is 9.53 Å². The molecule has 8 heteroatoms. The number of fused-ring (bicyclic) bond motifs is 2. The fraction of sp³-hybridized carbons (Fsp3) is 0.526. The SMILES string of the molecule is CC1CN(c2ccc(C#N)n3nccc23)CC(C(=O)NC2[C@H]3CNC[C@H]23)O1. The number of anilines is 1. The molecule has 2 aromatic heterocycles. The third kappa shape index (κ3) is 2.74. The van der Waals surface area contributed by atoms with Gasteiger partial charge in [-0.05, 0) is 37.0 Å². The molecule has 5 rings (SSSR count). The van der Waals surface area contributed by atoms with Crippen LogP contribution in [0.5, 0.6) is 0 Å². The van der Waals surface area contributed by atoms with E-state index < -0.39 is 6.10 Å². The lowest BCUT2D eigenvalue weighted by Gasteiger charge is -2.37. The summed E-state index contributed by atoms with van der Waals surface area (Å²) in [6.07, 6.45) is 1.13. The fourth-order valence-electron chi connectivity index (χ4n) is 4.54. The van der Waals surface area contributed by atoms with Gasteiger partial charge in [0.2, 0.25) is 0 Å². The van der Waals surface area contributed by atoms with Crippen LogP contribution in [0, 0.1) is 23.2 Å². The summed E-state index contributed by atoms with van der Waals surface area (Å²) < 4.78 is 7.59. The molecule has 140 valence electrons. The molecule has 3 aliphatic rings. The molecule has 2 N–H and O–H groups in total. The number of piperidine rings is 1. The Hall–Kier alpha value is -2.63. The summed E-state index contributed by atoms with van der Waals surface area (Å²) in [7, 11) is 0. The van der Waals surface area contributed by atoms with Crippen LogP contribution in [0.4, 0.5) is 5.69 Å². The second-order valence-corrected chi connectivity index (χ2v) is 7.70. The third-order valence-corrected chi connectivity index (χ3v) is 5.94. The van der Waals surface area contributed by atoms with Gasteiger partial charge in [0.15, 0.2) is 6.10 Å². The van der Waals surface area contributed by atoms with Crippen molar-refractivity contribution in [3.8, 4) is 6.07 Å². The lowest BCUT2D eigenvalue weighted by molar-refractivity contribution is -0.137. The topological polar surface area (TPSA) is 94.7 Å². The van der Waals surface area contributed by atoms with Crippen LogP contribution in [0.3, 0.4) is 0 Å². The van der Waals surface area contributed by atoms with Crippen LogP contribution >= 0.6 is 0 Å². The van der Waals surface area contributed by atoms with Crippen LogP contribution in [-0.4, -0.2) is 60.0 Å². The highest BCUT2D eigenvalue weighted by atomic mass is 16.5. The molecule has 3 fully saturated rings. The highest BCUT2D eigenvalue weighted by Crippen LogP contribution is 2.41. The van der Waals surface area contributed by atoms with Gasteiger partial charge in [-0.2, -0.15) is 10.4 Å². The van der Waals surface area contributed by atoms with Gasteiger partial charge in [-0.1, -0.05) is 0 Å². The van der Waals surface area contributed by atoms with Gasteiger partial charge in [-0.25, -0.2) is 4.52 Å². The lowest BCUT2D eigenvalue weighted by Crippen LogP contribution is -2.53. The second-order valence-electron chi connectivity index (χ2n) is 7.70. The molecule has 0 radical (unpaired) electrons. The van der Waals surface area contributed by atoms with Gasteiger partial charge in [-0.15, -0.1) is 0 Å². The minimum absolute atomic E-state index is 0.0240. The van der Waals surface area contributed by atoms with E-state index in [1.54, 1.807) is 16.8 Å². The van der Waals surface area contributed by atoms with Crippen molar-refractivity contribution in [3.05, 3.63) is 30.1 Å². The van der Waals surface area contributed by atoms with E-state index in [4.69, 9.17) is 4.74 Å². The summed E-state index contributed by atoms with van der Waals surface area (Å²) in [6, 6.07) is 8.04. The van der Waals surface area contributed by atoms with Crippen molar-refractivity contribution in [3.63, 3.8) is 0 Å². The van der Waals surface area contributed by atoms with Crippen molar-refractivity contribution in [1.82, 2.24) is 20.2 Å². The van der Waals surface area contributed by atoms with E-state index in [9.17, 15) is 10.1 Å². The normalized spacial score (nSPS) is 32.1. The third-order valence-electron chi connectivity index (χ3n) is 5.94. The van der Waals surface area contributed by atoms with E-state index in [-0.39, 0.29) is 12.0 Å². The molecular weight excluding hydrogens is 344 g/mol. The van der Waals surface area contributed by atoms with Crippen LogP contribution < -0.4 is 15.5 Å². The Bertz CT molecular complexity index is 924. The Morgan fingerprint density at radius 2 is 2.15 bits per heavy atom. The molecule has 0 spiro atoms. The first kappa shape index (κ1) is 16.5. The molecule has 4 atom stereocenters. The molecule has 8 nitrogen and oxygen atoms in total. The zero-order valence-corrected chi connectivity index (χ0v) is 15.1. The summed E-state index contributed by atoms with van der Waals surface area (Å²) >= 11 is 0. The highest BCUT2D eigenvalue weighted by Gasteiger charge is 2.54. The Labute approximate surface area is 157 Å². The van der Waals surface area contributed by atoms with Gasteiger partial charge in [0.1, 0.15) is 11.8 Å². The van der Waals surface area contributed by atoms with Crippen molar-refractivity contribution in [1.29, 1.82) is 5.26 Å². The first-order chi connectivity index (χ1) is 13.2. The zero-order valence-electron chi connectivity index (χ0n) is 15.1. The molecular formula is C19H22N6O2. The molecule has 2 aliphatic heterocycles. The van der Waals surface area contributed by atoms with E-state index in [2.05, 4.69) is 26.7 Å². The maximum Gasteiger partial charge on any atom is 0.251 e. The molecule has 1 saturated carbocycles. The molecule has 27 heavy (non-hydrogen) atoms. The molecule has 0 bridgehead atoms. The van der Waals surface area contributed by atoms with Crippen LogP contribution in [0.25, 0.3) is 5.52 Å². The maximum absolute atomic E-state index is 12.8. The average molecular weight is 366 g/mol. The number of pyridine rings is 1. The lowest BCUT2D eigenvalue weighted by atomic mass is 10.1. The van der Waals surface area contributed by atoms with Crippen molar-refractivity contribution in [2.75, 3.05) is 31.1 Å². The smallest absolute Gasteiger partial charge is 0.251 e. The number of ether oxygens (including phenoxy) is 1. The van der Waals surface area contributed by atoms with Gasteiger partial charge in [-0.3, -0.25) is 4.79 Å². The molecule has 4 heterocycles. The van der Waals surface area contributed by atoms with Crippen molar-refractivity contribution < 1.29 is 9.53 Å². The standard InChI is InChI=1S/C19H22N6O2/c1-11-9-24(15-3-2-12(6-20)25-16(15)4-5-22-25)10-17(27-11)19(26)23-18-13-7-21-8-14(13)18/h2-5,11,13-14,17-18,21H,7-10H2,1H3,(H,23,26)/t11?,13-,14-,17?/m0/s1. The number of hydrogen-bond acceptors (Lipinski definition) is 6. The van der Waals surface area contributed by atoms with Gasteiger partial charge in [0.05, 0.1) is 30.0 Å². The van der Waals surface area contributed by atoms with Gasteiger partial charge >= 0.3 is 0 Å². The number of nitrogens with zero attached hydrogens (tertiary/aromatic N) is 4. The van der Waals surface area contributed by atoms with Crippen molar-refractivity contribution in [2.45, 2.75) is 25.2 Å². The number of nitriles is 1. The number of aromatic nitrogens is 2. The van der Waals surface area contributed by atoms with E-state index in [0.29, 0.717) is 36.7 Å². The van der Waals surface area contributed by atoms with Crippen LogP contribution in [0.1, 0.15) is 12.6 Å². The largest absolute Gasteiger partial charge is 0.364 e. The Morgan fingerprint density at radius 1 is 1.33 bits per heavy atom. The second kappa shape index (κ2) is 6.22. The number of hydrogen-bond donors (Lipinski definition) is 2. The molecule has 1 aliphatic carbocycles. The molecule has 2 saturated heterocycles. The van der Waals surface area contributed by atoms with E-state index in [1.165, 1.54) is 0 Å². The van der Waals surface area contributed by atoms with Crippen molar-refractivity contribution >= 4 is 17.1 Å². The van der Waals surface area contributed by atoms with Crippen LogP contribution in [0.15, 0.2) is 24.4 Å². The number of amides is 1. The number of carbonyl (C=O) groups is 1. The van der Waals surface area contributed by atoms with E-state index >= 15 is 0 Å². The first-order valence-corrected chi connectivity index (χ1v) is 9.44. The first-order valence-electron chi connectivity index (χ1n) is 9.44.